The maximum atomic E-state index is 12.0. The molecule has 0 aliphatic carbocycles. The van der Waals surface area contributed by atoms with E-state index in [9.17, 15) is 4.79 Å². The highest BCUT2D eigenvalue weighted by Gasteiger charge is 2.29. The van der Waals surface area contributed by atoms with Crippen molar-refractivity contribution >= 4 is 5.97 Å². The second-order valence-electron chi connectivity index (χ2n) is 5.39. The zero-order valence-corrected chi connectivity index (χ0v) is 12.4. The van der Waals surface area contributed by atoms with Crippen LogP contribution in [-0.4, -0.2) is 36.6 Å². The molecule has 3 heteroatoms. The molecule has 0 spiro atoms. The first kappa shape index (κ1) is 15.0. The molecule has 0 bridgehead atoms. The zero-order chi connectivity index (χ0) is 14.2. The highest BCUT2D eigenvalue weighted by atomic mass is 16.5. The minimum atomic E-state index is -0.0353. The number of carbonyl (C=O) groups excluding carboxylic acids is 1. The Kier molecular flexibility index (Phi) is 6.06. The van der Waals surface area contributed by atoms with Crippen molar-refractivity contribution < 1.29 is 9.53 Å². The molecule has 0 saturated carbocycles. The molecular weight excluding hydrogens is 250 g/mol. The predicted octanol–water partition coefficient (Wildman–Crippen LogP) is 3.04. The molecule has 1 aromatic rings. The van der Waals surface area contributed by atoms with Crippen LogP contribution in [-0.2, 0) is 16.0 Å². The van der Waals surface area contributed by atoms with Crippen molar-refractivity contribution in [3.8, 4) is 0 Å². The lowest BCUT2D eigenvalue weighted by atomic mass is 10.0. The summed E-state index contributed by atoms with van der Waals surface area (Å²) in [6.07, 6.45) is 5.46. The van der Waals surface area contributed by atoms with Crippen LogP contribution in [0.5, 0.6) is 0 Å². The van der Waals surface area contributed by atoms with Crippen molar-refractivity contribution in [3.05, 3.63) is 35.9 Å². The first-order valence-corrected chi connectivity index (χ1v) is 7.76. The summed E-state index contributed by atoms with van der Waals surface area (Å²) >= 11 is 0. The number of benzene rings is 1. The molecule has 20 heavy (non-hydrogen) atoms. The Morgan fingerprint density at radius 3 is 2.85 bits per heavy atom. The van der Waals surface area contributed by atoms with Gasteiger partial charge in [-0.25, -0.2) is 0 Å². The summed E-state index contributed by atoms with van der Waals surface area (Å²) in [5, 5.41) is 0. The third kappa shape index (κ3) is 4.34. The van der Waals surface area contributed by atoms with Gasteiger partial charge in [-0.05, 0) is 51.3 Å². The summed E-state index contributed by atoms with van der Waals surface area (Å²) in [6, 6.07) is 10.5. The summed E-state index contributed by atoms with van der Waals surface area (Å²) in [4.78, 5) is 14.3. The molecule has 1 heterocycles. The van der Waals surface area contributed by atoms with Crippen LogP contribution in [0, 0.1) is 0 Å². The molecule has 1 aromatic carbocycles. The van der Waals surface area contributed by atoms with E-state index in [0.717, 1.165) is 38.8 Å². The van der Waals surface area contributed by atoms with Crippen LogP contribution in [0.3, 0.4) is 0 Å². The molecule has 2 rings (SSSR count). The lowest BCUT2D eigenvalue weighted by Gasteiger charge is -2.33. The van der Waals surface area contributed by atoms with Crippen LogP contribution in [0.1, 0.15) is 38.2 Å². The fraction of sp³-hybridized carbons (Fsp3) is 0.588. The standard InChI is InChI=1S/C17H25NO2/c1-2-20-17(19)16-12-6-7-13-18(16)14-8-11-15-9-4-3-5-10-15/h3-5,9-10,16H,2,6-8,11-14H2,1H3. The van der Waals surface area contributed by atoms with E-state index in [1.54, 1.807) is 0 Å². The van der Waals surface area contributed by atoms with Crippen LogP contribution < -0.4 is 0 Å². The molecule has 1 aliphatic rings. The monoisotopic (exact) mass is 275 g/mol. The topological polar surface area (TPSA) is 29.5 Å². The Morgan fingerprint density at radius 2 is 2.10 bits per heavy atom. The Morgan fingerprint density at radius 1 is 1.30 bits per heavy atom. The summed E-state index contributed by atoms with van der Waals surface area (Å²) < 4.78 is 5.20. The Hall–Kier alpha value is -1.35. The maximum absolute atomic E-state index is 12.0. The average Bonchev–Trinajstić information content (AvgIpc) is 2.49. The van der Waals surface area contributed by atoms with E-state index in [1.807, 2.05) is 13.0 Å². The van der Waals surface area contributed by atoms with Crippen LogP contribution in [0.25, 0.3) is 0 Å². The van der Waals surface area contributed by atoms with Crippen molar-refractivity contribution in [3.63, 3.8) is 0 Å². The Bertz CT molecular complexity index is 405. The number of rotatable bonds is 6. The summed E-state index contributed by atoms with van der Waals surface area (Å²) in [6.45, 7) is 4.37. The van der Waals surface area contributed by atoms with Crippen LogP contribution in [0.4, 0.5) is 0 Å². The molecule has 110 valence electrons. The van der Waals surface area contributed by atoms with E-state index < -0.39 is 0 Å². The number of nitrogens with zero attached hydrogens (tertiary/aromatic N) is 1. The van der Waals surface area contributed by atoms with Crippen LogP contribution in [0.2, 0.25) is 0 Å². The molecule has 0 N–H and O–H groups in total. The molecule has 1 unspecified atom stereocenters. The van der Waals surface area contributed by atoms with Gasteiger partial charge in [-0.15, -0.1) is 0 Å². The quantitative estimate of drug-likeness (QED) is 0.747. The van der Waals surface area contributed by atoms with Gasteiger partial charge in [0.1, 0.15) is 6.04 Å². The molecule has 1 saturated heterocycles. The number of aryl methyl sites for hydroxylation is 1. The lowest BCUT2D eigenvalue weighted by molar-refractivity contribution is -0.150. The SMILES string of the molecule is CCOC(=O)C1CCCCN1CCCc1ccccc1. The number of hydrogen-bond donors (Lipinski definition) is 0. The second-order valence-corrected chi connectivity index (χ2v) is 5.39. The normalized spacial score (nSPS) is 19.8. The zero-order valence-electron chi connectivity index (χ0n) is 12.4. The third-order valence-electron chi connectivity index (χ3n) is 3.93. The lowest BCUT2D eigenvalue weighted by Crippen LogP contribution is -2.45. The summed E-state index contributed by atoms with van der Waals surface area (Å²) in [5.74, 6) is -0.0353. The Labute approximate surface area is 121 Å². The van der Waals surface area contributed by atoms with E-state index in [1.165, 1.54) is 12.0 Å². The fourth-order valence-electron chi connectivity index (χ4n) is 2.89. The van der Waals surface area contributed by atoms with E-state index >= 15 is 0 Å². The van der Waals surface area contributed by atoms with E-state index in [0.29, 0.717) is 6.61 Å². The number of carbonyl (C=O) groups is 1. The van der Waals surface area contributed by atoms with Gasteiger partial charge in [-0.3, -0.25) is 9.69 Å². The average molecular weight is 275 g/mol. The maximum Gasteiger partial charge on any atom is 0.323 e. The second kappa shape index (κ2) is 8.05. The van der Waals surface area contributed by atoms with Crippen molar-refractivity contribution in [1.29, 1.82) is 0 Å². The van der Waals surface area contributed by atoms with Crippen molar-refractivity contribution in [2.45, 2.75) is 45.1 Å². The van der Waals surface area contributed by atoms with Crippen molar-refractivity contribution in [2.24, 2.45) is 0 Å². The number of likely N-dealkylation sites (tertiary alicyclic amines) is 1. The molecule has 0 aromatic heterocycles. The summed E-state index contributed by atoms with van der Waals surface area (Å²) in [5.41, 5.74) is 1.37. The van der Waals surface area contributed by atoms with E-state index in [2.05, 4.69) is 29.2 Å². The molecule has 1 aliphatic heterocycles. The van der Waals surface area contributed by atoms with Gasteiger partial charge in [-0.2, -0.15) is 0 Å². The van der Waals surface area contributed by atoms with Crippen LogP contribution >= 0.6 is 0 Å². The predicted molar refractivity (Wildman–Crippen MR) is 80.6 cm³/mol. The van der Waals surface area contributed by atoms with Gasteiger partial charge in [0, 0.05) is 0 Å². The first-order chi connectivity index (χ1) is 9.81. The van der Waals surface area contributed by atoms with Gasteiger partial charge in [0.2, 0.25) is 0 Å². The molecule has 3 nitrogen and oxygen atoms in total. The molecule has 1 fully saturated rings. The number of esters is 1. The smallest absolute Gasteiger partial charge is 0.323 e. The van der Waals surface area contributed by atoms with Crippen LogP contribution in [0.15, 0.2) is 30.3 Å². The van der Waals surface area contributed by atoms with Gasteiger partial charge in [0.25, 0.3) is 0 Å². The van der Waals surface area contributed by atoms with E-state index in [4.69, 9.17) is 4.74 Å². The van der Waals surface area contributed by atoms with E-state index in [-0.39, 0.29) is 12.0 Å². The first-order valence-electron chi connectivity index (χ1n) is 7.76. The third-order valence-corrected chi connectivity index (χ3v) is 3.93. The van der Waals surface area contributed by atoms with Gasteiger partial charge < -0.3 is 4.74 Å². The number of piperidine rings is 1. The van der Waals surface area contributed by atoms with Gasteiger partial charge in [-0.1, -0.05) is 36.8 Å². The fourth-order valence-corrected chi connectivity index (χ4v) is 2.89. The summed E-state index contributed by atoms with van der Waals surface area (Å²) in [7, 11) is 0. The van der Waals surface area contributed by atoms with Crippen molar-refractivity contribution in [1.82, 2.24) is 4.90 Å². The van der Waals surface area contributed by atoms with Gasteiger partial charge >= 0.3 is 5.97 Å². The van der Waals surface area contributed by atoms with Crippen molar-refractivity contribution in [2.75, 3.05) is 19.7 Å². The highest BCUT2D eigenvalue weighted by molar-refractivity contribution is 5.75. The minimum absolute atomic E-state index is 0.0144. The Balaban J connectivity index is 1.81. The van der Waals surface area contributed by atoms with Gasteiger partial charge in [0.05, 0.1) is 6.61 Å². The minimum Gasteiger partial charge on any atom is -0.465 e. The largest absolute Gasteiger partial charge is 0.465 e. The highest BCUT2D eigenvalue weighted by Crippen LogP contribution is 2.19. The molecule has 1 atom stereocenters. The molecule has 0 radical (unpaired) electrons. The molecular formula is C17H25NO2. The van der Waals surface area contributed by atoms with Gasteiger partial charge in [0.15, 0.2) is 0 Å². The molecule has 0 amide bonds. The number of ether oxygens (including phenoxy) is 1. The number of hydrogen-bond acceptors (Lipinski definition) is 3.